The molecule has 0 N–H and O–H groups in total. The van der Waals surface area contributed by atoms with Gasteiger partial charge in [-0.05, 0) is 26.1 Å². The average Bonchev–Trinajstić information content (AvgIpc) is 3.04. The second-order valence-electron chi connectivity index (χ2n) is 4.77. The largest absolute Gasteiger partial charge is 0.459 e. The van der Waals surface area contributed by atoms with Crippen LogP contribution in [0.25, 0.3) is 11.0 Å². The summed E-state index contributed by atoms with van der Waals surface area (Å²) in [5.41, 5.74) is 1.72. The Bertz CT molecular complexity index is 691. The minimum atomic E-state index is 0.139. The van der Waals surface area contributed by atoms with Crippen molar-refractivity contribution in [1.29, 1.82) is 0 Å². The van der Waals surface area contributed by atoms with Crippen molar-refractivity contribution in [2.75, 3.05) is 7.05 Å². The zero-order chi connectivity index (χ0) is 14.1. The van der Waals surface area contributed by atoms with Gasteiger partial charge in [0.15, 0.2) is 0 Å². The second-order valence-corrected chi connectivity index (χ2v) is 6.13. The number of hydrogen-bond donors (Lipinski definition) is 0. The number of rotatable bonds is 4. The van der Waals surface area contributed by atoms with E-state index in [9.17, 15) is 0 Å². The molecule has 104 valence electrons. The lowest BCUT2D eigenvalue weighted by Crippen LogP contribution is -2.21. The number of furan rings is 1. The molecule has 0 aliphatic heterocycles. The summed E-state index contributed by atoms with van der Waals surface area (Å²) in [4.78, 5) is 2.14. The summed E-state index contributed by atoms with van der Waals surface area (Å²) in [6.45, 7) is 2.75. The number of aromatic nitrogens is 2. The number of para-hydroxylation sites is 1. The zero-order valence-electron chi connectivity index (χ0n) is 11.2. The molecule has 3 rings (SSSR count). The van der Waals surface area contributed by atoms with Crippen LogP contribution in [-0.4, -0.2) is 21.5 Å². The van der Waals surface area contributed by atoms with Crippen molar-refractivity contribution < 1.29 is 4.42 Å². The lowest BCUT2D eigenvalue weighted by molar-refractivity contribution is 0.224. The maximum absolute atomic E-state index is 6.04. The third kappa shape index (κ3) is 2.57. The van der Waals surface area contributed by atoms with Crippen LogP contribution < -0.4 is 0 Å². The van der Waals surface area contributed by atoms with Gasteiger partial charge in [0.25, 0.3) is 0 Å². The van der Waals surface area contributed by atoms with E-state index in [-0.39, 0.29) is 6.04 Å². The van der Waals surface area contributed by atoms with Crippen LogP contribution in [0.15, 0.2) is 34.7 Å². The molecule has 6 heteroatoms. The van der Waals surface area contributed by atoms with E-state index in [0.29, 0.717) is 10.9 Å². The highest BCUT2D eigenvalue weighted by atomic mass is 35.5. The SMILES string of the molecule is C[C@H](c1cc2ccccc2o1)N(C)Cc1nnsc1Cl. The minimum absolute atomic E-state index is 0.139. The van der Waals surface area contributed by atoms with Crippen LogP contribution in [0.3, 0.4) is 0 Å². The molecule has 3 aromatic rings. The van der Waals surface area contributed by atoms with Crippen LogP contribution in [0.5, 0.6) is 0 Å². The van der Waals surface area contributed by atoms with E-state index in [1.165, 1.54) is 11.5 Å². The summed E-state index contributed by atoms with van der Waals surface area (Å²) >= 11 is 7.25. The van der Waals surface area contributed by atoms with Crippen LogP contribution in [0.2, 0.25) is 4.34 Å². The number of hydrogen-bond acceptors (Lipinski definition) is 5. The Morgan fingerprint density at radius 2 is 2.20 bits per heavy atom. The highest BCUT2D eigenvalue weighted by molar-refractivity contribution is 7.10. The zero-order valence-corrected chi connectivity index (χ0v) is 12.8. The minimum Gasteiger partial charge on any atom is -0.459 e. The summed E-state index contributed by atoms with van der Waals surface area (Å²) < 4.78 is 10.4. The Balaban J connectivity index is 1.80. The number of nitrogens with zero attached hydrogens (tertiary/aromatic N) is 3. The van der Waals surface area contributed by atoms with Gasteiger partial charge in [0.05, 0.1) is 6.04 Å². The topological polar surface area (TPSA) is 42.2 Å². The van der Waals surface area contributed by atoms with Gasteiger partial charge in [0, 0.05) is 23.5 Å². The molecule has 0 amide bonds. The normalized spacial score (nSPS) is 13.2. The maximum Gasteiger partial charge on any atom is 0.138 e. The average molecular weight is 308 g/mol. The summed E-state index contributed by atoms with van der Waals surface area (Å²) in [5.74, 6) is 0.938. The summed E-state index contributed by atoms with van der Waals surface area (Å²) in [6.07, 6.45) is 0. The lowest BCUT2D eigenvalue weighted by Gasteiger charge is -2.21. The summed E-state index contributed by atoms with van der Waals surface area (Å²) in [7, 11) is 2.02. The van der Waals surface area contributed by atoms with E-state index in [1.807, 2.05) is 25.2 Å². The molecule has 2 aromatic heterocycles. The van der Waals surface area contributed by atoms with E-state index in [0.717, 1.165) is 22.4 Å². The van der Waals surface area contributed by atoms with Gasteiger partial charge in [-0.1, -0.05) is 34.3 Å². The summed E-state index contributed by atoms with van der Waals surface area (Å²) in [5, 5.41) is 5.16. The maximum atomic E-state index is 6.04. The van der Waals surface area contributed by atoms with Gasteiger partial charge >= 0.3 is 0 Å². The molecule has 0 bridgehead atoms. The number of halogens is 1. The molecule has 1 atom stereocenters. The first-order valence-electron chi connectivity index (χ1n) is 6.30. The summed E-state index contributed by atoms with van der Waals surface area (Å²) in [6, 6.07) is 10.2. The molecule has 0 unspecified atom stereocenters. The van der Waals surface area contributed by atoms with Crippen LogP contribution in [0.1, 0.15) is 24.4 Å². The quantitative estimate of drug-likeness (QED) is 0.727. The molecule has 0 aliphatic carbocycles. The van der Waals surface area contributed by atoms with Gasteiger partial charge in [-0.25, -0.2) is 0 Å². The molecular weight excluding hydrogens is 294 g/mol. The van der Waals surface area contributed by atoms with Gasteiger partial charge < -0.3 is 4.42 Å². The first-order chi connectivity index (χ1) is 9.65. The van der Waals surface area contributed by atoms with E-state index < -0.39 is 0 Å². The Morgan fingerprint density at radius 3 is 2.90 bits per heavy atom. The molecule has 0 saturated heterocycles. The second kappa shape index (κ2) is 5.52. The fourth-order valence-electron chi connectivity index (χ4n) is 2.09. The van der Waals surface area contributed by atoms with Crippen molar-refractivity contribution in [2.24, 2.45) is 0 Å². The highest BCUT2D eigenvalue weighted by Crippen LogP contribution is 2.28. The predicted molar refractivity (Wildman–Crippen MR) is 81.0 cm³/mol. The van der Waals surface area contributed by atoms with Gasteiger partial charge in [0.2, 0.25) is 0 Å². The van der Waals surface area contributed by atoms with Crippen molar-refractivity contribution in [2.45, 2.75) is 19.5 Å². The Morgan fingerprint density at radius 1 is 1.40 bits per heavy atom. The highest BCUT2D eigenvalue weighted by Gasteiger charge is 2.18. The van der Waals surface area contributed by atoms with Crippen LogP contribution in [0, 0.1) is 0 Å². The molecule has 0 saturated carbocycles. The predicted octanol–water partition coefficient (Wildman–Crippen LogP) is 4.13. The van der Waals surface area contributed by atoms with Crippen LogP contribution in [-0.2, 0) is 6.54 Å². The van der Waals surface area contributed by atoms with E-state index in [1.54, 1.807) is 0 Å². The molecule has 0 radical (unpaired) electrons. The van der Waals surface area contributed by atoms with Crippen molar-refractivity contribution in [3.05, 3.63) is 46.1 Å². The third-order valence-corrected chi connectivity index (χ3v) is 4.41. The lowest BCUT2D eigenvalue weighted by atomic mass is 10.2. The monoisotopic (exact) mass is 307 g/mol. The van der Waals surface area contributed by atoms with Crippen LogP contribution in [0.4, 0.5) is 0 Å². The number of fused-ring (bicyclic) bond motifs is 1. The standard InChI is InChI=1S/C14H14ClN3OS/c1-9(18(2)8-11-14(15)20-17-16-11)13-7-10-5-3-4-6-12(10)19-13/h3-7,9H,8H2,1-2H3/t9-/m1/s1. The van der Waals surface area contributed by atoms with Crippen molar-refractivity contribution in [1.82, 2.24) is 14.5 Å². The molecule has 2 heterocycles. The van der Waals surface area contributed by atoms with E-state index in [4.69, 9.17) is 16.0 Å². The Hall–Kier alpha value is -1.43. The van der Waals surface area contributed by atoms with E-state index in [2.05, 4.69) is 33.5 Å². The first kappa shape index (κ1) is 13.5. The molecule has 0 spiro atoms. The van der Waals surface area contributed by atoms with Crippen molar-refractivity contribution in [3.8, 4) is 0 Å². The molecule has 20 heavy (non-hydrogen) atoms. The molecule has 0 fully saturated rings. The molecule has 4 nitrogen and oxygen atoms in total. The molecule has 1 aromatic carbocycles. The van der Waals surface area contributed by atoms with Crippen molar-refractivity contribution in [3.63, 3.8) is 0 Å². The smallest absolute Gasteiger partial charge is 0.138 e. The molecule has 0 aliphatic rings. The van der Waals surface area contributed by atoms with Gasteiger partial charge in [-0.15, -0.1) is 5.10 Å². The Kier molecular flexibility index (Phi) is 3.74. The molecular formula is C14H14ClN3OS. The third-order valence-electron chi connectivity index (χ3n) is 3.43. The Labute approximate surface area is 126 Å². The van der Waals surface area contributed by atoms with Crippen molar-refractivity contribution >= 4 is 34.1 Å². The fraction of sp³-hybridized carbons (Fsp3) is 0.286. The van der Waals surface area contributed by atoms with Crippen LogP contribution >= 0.6 is 23.1 Å². The van der Waals surface area contributed by atoms with Gasteiger partial charge in [-0.2, -0.15) is 0 Å². The first-order valence-corrected chi connectivity index (χ1v) is 7.45. The number of benzene rings is 1. The van der Waals surface area contributed by atoms with Gasteiger partial charge in [0.1, 0.15) is 21.4 Å². The van der Waals surface area contributed by atoms with E-state index >= 15 is 0 Å². The fourth-order valence-corrected chi connectivity index (χ4v) is 2.70. The van der Waals surface area contributed by atoms with Gasteiger partial charge in [-0.3, -0.25) is 4.90 Å².